The van der Waals surface area contributed by atoms with Crippen molar-refractivity contribution in [3.05, 3.63) is 16.0 Å². The molecule has 5 heteroatoms. The summed E-state index contributed by atoms with van der Waals surface area (Å²) in [4.78, 5) is 11.2. The molecule has 0 radical (unpaired) electrons. The van der Waals surface area contributed by atoms with E-state index in [9.17, 15) is 0 Å². The second-order valence-corrected chi connectivity index (χ2v) is 5.06. The zero-order valence-corrected chi connectivity index (χ0v) is 12.6. The molecule has 0 saturated carbocycles. The molecule has 17 heavy (non-hydrogen) atoms. The molecule has 0 aromatic carbocycles. The predicted molar refractivity (Wildman–Crippen MR) is 75.3 cm³/mol. The summed E-state index contributed by atoms with van der Waals surface area (Å²) in [6.45, 7) is 5.95. The van der Waals surface area contributed by atoms with Crippen LogP contribution in [0.15, 0.2) is 4.47 Å². The third-order valence-corrected chi connectivity index (χ3v) is 3.13. The normalized spacial score (nSPS) is 10.9. The lowest BCUT2D eigenvalue weighted by molar-refractivity contribution is 0.390. The van der Waals surface area contributed by atoms with Crippen LogP contribution in [0.2, 0.25) is 0 Å². The van der Waals surface area contributed by atoms with E-state index in [1.165, 1.54) is 0 Å². The van der Waals surface area contributed by atoms with Crippen molar-refractivity contribution in [2.45, 2.75) is 33.2 Å². The van der Waals surface area contributed by atoms with Crippen molar-refractivity contribution >= 4 is 21.7 Å². The van der Waals surface area contributed by atoms with Gasteiger partial charge in [0.15, 0.2) is 0 Å². The summed E-state index contributed by atoms with van der Waals surface area (Å²) in [5.41, 5.74) is 1.07. The molecule has 0 saturated heterocycles. The van der Waals surface area contributed by atoms with Crippen LogP contribution in [-0.4, -0.2) is 35.5 Å². The fourth-order valence-corrected chi connectivity index (χ4v) is 2.09. The van der Waals surface area contributed by atoms with Gasteiger partial charge < -0.3 is 10.2 Å². The fraction of sp³-hybridized carbons (Fsp3) is 0.667. The van der Waals surface area contributed by atoms with Gasteiger partial charge in [-0.2, -0.15) is 0 Å². The minimum Gasteiger partial charge on any atom is -0.369 e. The molecule has 0 amide bonds. The fourth-order valence-electron chi connectivity index (χ4n) is 1.49. The molecule has 0 aliphatic carbocycles. The Morgan fingerprint density at radius 2 is 1.94 bits per heavy atom. The van der Waals surface area contributed by atoms with Gasteiger partial charge in [-0.15, -0.1) is 0 Å². The molecule has 0 unspecified atom stereocenters. The van der Waals surface area contributed by atoms with Gasteiger partial charge in [0.2, 0.25) is 0 Å². The van der Waals surface area contributed by atoms with Gasteiger partial charge in [-0.3, -0.25) is 0 Å². The van der Waals surface area contributed by atoms with Crippen LogP contribution in [0.25, 0.3) is 0 Å². The number of nitrogens with one attached hydrogen (secondary N) is 1. The van der Waals surface area contributed by atoms with Gasteiger partial charge in [-0.25, -0.2) is 9.97 Å². The maximum Gasteiger partial charge on any atom is 0.145 e. The Morgan fingerprint density at radius 3 is 2.47 bits per heavy atom. The van der Waals surface area contributed by atoms with Crippen molar-refractivity contribution in [3.63, 3.8) is 0 Å². The van der Waals surface area contributed by atoms with E-state index in [2.05, 4.69) is 50.0 Å². The zero-order chi connectivity index (χ0) is 12.8. The lowest BCUT2D eigenvalue weighted by atomic mass is 10.3. The molecule has 4 nitrogen and oxygen atoms in total. The van der Waals surface area contributed by atoms with Crippen molar-refractivity contribution in [2.75, 3.05) is 26.0 Å². The number of rotatable bonds is 6. The molecular formula is C12H21BrN4. The van der Waals surface area contributed by atoms with E-state index in [1.54, 1.807) is 0 Å². The maximum absolute atomic E-state index is 4.56. The van der Waals surface area contributed by atoms with Crippen molar-refractivity contribution in [3.8, 4) is 0 Å². The summed E-state index contributed by atoms with van der Waals surface area (Å²) < 4.78 is 0.996. The molecule has 0 bridgehead atoms. The van der Waals surface area contributed by atoms with Crippen LogP contribution in [0.3, 0.4) is 0 Å². The van der Waals surface area contributed by atoms with Crippen LogP contribution in [0.1, 0.15) is 31.8 Å². The van der Waals surface area contributed by atoms with Crippen LogP contribution in [0.5, 0.6) is 0 Å². The molecule has 1 rings (SSSR count). The van der Waals surface area contributed by atoms with Gasteiger partial charge in [0.05, 0.1) is 16.7 Å². The molecule has 0 spiro atoms. The predicted octanol–water partition coefficient (Wildman–Crippen LogP) is 2.69. The molecule has 1 aromatic rings. The van der Waals surface area contributed by atoms with E-state index >= 15 is 0 Å². The van der Waals surface area contributed by atoms with Crippen molar-refractivity contribution in [1.29, 1.82) is 0 Å². The van der Waals surface area contributed by atoms with E-state index in [-0.39, 0.29) is 0 Å². The van der Waals surface area contributed by atoms with Crippen LogP contribution in [-0.2, 0) is 13.0 Å². The average molecular weight is 301 g/mol. The first kappa shape index (κ1) is 14.4. The first-order chi connectivity index (χ1) is 8.08. The molecule has 0 atom stereocenters. The summed E-state index contributed by atoms with van der Waals surface area (Å²) in [7, 11) is 4.05. The molecule has 1 aromatic heterocycles. The molecule has 1 heterocycles. The highest BCUT2D eigenvalue weighted by molar-refractivity contribution is 9.10. The van der Waals surface area contributed by atoms with Crippen LogP contribution in [0.4, 0.5) is 5.82 Å². The minimum atomic E-state index is 0.765. The molecule has 96 valence electrons. The SMILES string of the molecule is CCCNc1nc(CN(C)C)nc(CC)c1Br. The van der Waals surface area contributed by atoms with Gasteiger partial charge in [0, 0.05) is 6.54 Å². The first-order valence-corrected chi connectivity index (χ1v) is 6.81. The Morgan fingerprint density at radius 1 is 1.24 bits per heavy atom. The van der Waals surface area contributed by atoms with Crippen LogP contribution < -0.4 is 5.32 Å². The van der Waals surface area contributed by atoms with Gasteiger partial charge in [-0.05, 0) is 42.9 Å². The monoisotopic (exact) mass is 300 g/mol. The van der Waals surface area contributed by atoms with Gasteiger partial charge in [0.25, 0.3) is 0 Å². The largest absolute Gasteiger partial charge is 0.369 e. The smallest absolute Gasteiger partial charge is 0.145 e. The Hall–Kier alpha value is -0.680. The second kappa shape index (κ2) is 6.91. The highest BCUT2D eigenvalue weighted by Crippen LogP contribution is 2.24. The topological polar surface area (TPSA) is 41.1 Å². The number of aromatic nitrogens is 2. The number of aryl methyl sites for hydroxylation is 1. The van der Waals surface area contributed by atoms with Crippen molar-refractivity contribution < 1.29 is 0 Å². The highest BCUT2D eigenvalue weighted by Gasteiger charge is 2.11. The quantitative estimate of drug-likeness (QED) is 0.877. The first-order valence-electron chi connectivity index (χ1n) is 6.02. The summed E-state index contributed by atoms with van der Waals surface area (Å²) in [6, 6.07) is 0. The molecular weight excluding hydrogens is 280 g/mol. The standard InChI is InChI=1S/C12H21BrN4/c1-5-7-14-12-11(13)9(6-2)15-10(16-12)8-17(3)4/h5-8H2,1-4H3,(H,14,15,16). The molecule has 0 fully saturated rings. The summed E-state index contributed by atoms with van der Waals surface area (Å²) in [5, 5.41) is 3.33. The Kier molecular flexibility index (Phi) is 5.85. The highest BCUT2D eigenvalue weighted by atomic mass is 79.9. The zero-order valence-electron chi connectivity index (χ0n) is 11.0. The van der Waals surface area contributed by atoms with Gasteiger partial charge >= 0.3 is 0 Å². The van der Waals surface area contributed by atoms with E-state index in [4.69, 9.17) is 0 Å². The molecule has 0 aliphatic heterocycles. The van der Waals surface area contributed by atoms with Gasteiger partial charge in [0.1, 0.15) is 11.6 Å². The Bertz CT molecular complexity index is 366. The van der Waals surface area contributed by atoms with Crippen molar-refractivity contribution in [1.82, 2.24) is 14.9 Å². The van der Waals surface area contributed by atoms with E-state index in [1.807, 2.05) is 14.1 Å². The van der Waals surface area contributed by atoms with Crippen LogP contribution in [0, 0.1) is 0 Å². The third kappa shape index (κ3) is 4.24. The van der Waals surface area contributed by atoms with Crippen LogP contribution >= 0.6 is 15.9 Å². The lowest BCUT2D eigenvalue weighted by Gasteiger charge is -2.14. The summed E-state index contributed by atoms with van der Waals surface area (Å²) in [6.07, 6.45) is 1.99. The average Bonchev–Trinajstić information content (AvgIpc) is 2.28. The summed E-state index contributed by atoms with van der Waals surface area (Å²) in [5.74, 6) is 1.78. The van der Waals surface area contributed by atoms with E-state index in [0.29, 0.717) is 0 Å². The number of hydrogen-bond acceptors (Lipinski definition) is 4. The Labute approximate surface area is 112 Å². The molecule has 0 aliphatic rings. The van der Waals surface area contributed by atoms with Gasteiger partial charge in [-0.1, -0.05) is 13.8 Å². The van der Waals surface area contributed by atoms with E-state index in [0.717, 1.165) is 47.7 Å². The Balaban J connectivity index is 3.00. The van der Waals surface area contributed by atoms with E-state index < -0.39 is 0 Å². The number of hydrogen-bond donors (Lipinski definition) is 1. The number of halogens is 1. The summed E-state index contributed by atoms with van der Waals surface area (Å²) >= 11 is 3.57. The van der Waals surface area contributed by atoms with Crippen molar-refractivity contribution in [2.24, 2.45) is 0 Å². The third-order valence-electron chi connectivity index (χ3n) is 2.30. The lowest BCUT2D eigenvalue weighted by Crippen LogP contribution is -2.16. The maximum atomic E-state index is 4.56. The molecule has 1 N–H and O–H groups in total. The minimum absolute atomic E-state index is 0.765. The number of anilines is 1. The number of nitrogens with zero attached hydrogens (tertiary/aromatic N) is 3. The second-order valence-electron chi connectivity index (χ2n) is 4.27.